The lowest BCUT2D eigenvalue weighted by molar-refractivity contribution is 0.0582. The molecule has 116 valence electrons. The van der Waals surface area contributed by atoms with E-state index in [1.807, 2.05) is 0 Å². The Balaban J connectivity index is 2.76. The quantitative estimate of drug-likeness (QED) is 0.703. The predicted molar refractivity (Wildman–Crippen MR) is 86.4 cm³/mol. The maximum Gasteiger partial charge on any atom is 0.0672 e. The van der Waals surface area contributed by atoms with Gasteiger partial charge in [0.1, 0.15) is 0 Å². The van der Waals surface area contributed by atoms with Gasteiger partial charge in [-0.15, -0.1) is 0 Å². The van der Waals surface area contributed by atoms with Crippen LogP contribution in [0.15, 0.2) is 0 Å². The highest BCUT2D eigenvalue weighted by Crippen LogP contribution is 2.43. The minimum absolute atomic E-state index is 0.230. The molecule has 1 rings (SSSR count). The van der Waals surface area contributed by atoms with Gasteiger partial charge in [-0.2, -0.15) is 5.26 Å². The smallest absolute Gasteiger partial charge is 0.0672 e. The zero-order valence-corrected chi connectivity index (χ0v) is 14.4. The van der Waals surface area contributed by atoms with Crippen LogP contribution in [0.5, 0.6) is 0 Å². The lowest BCUT2D eigenvalue weighted by Crippen LogP contribution is -2.46. The van der Waals surface area contributed by atoms with E-state index in [0.29, 0.717) is 11.5 Å². The number of nitrogens with zero attached hydrogens (tertiary/aromatic N) is 2. The summed E-state index contributed by atoms with van der Waals surface area (Å²) in [7, 11) is 2.22. The molecule has 0 aromatic rings. The molecule has 1 aliphatic carbocycles. The lowest BCUT2D eigenvalue weighted by Gasteiger charge is -2.44. The Morgan fingerprint density at radius 1 is 1.30 bits per heavy atom. The topological polar surface area (TPSA) is 27.0 Å². The first kappa shape index (κ1) is 17.5. The van der Waals surface area contributed by atoms with Crippen molar-refractivity contribution < 1.29 is 0 Å². The van der Waals surface area contributed by atoms with Crippen LogP contribution < -0.4 is 0 Å². The van der Waals surface area contributed by atoms with E-state index in [1.54, 1.807) is 0 Å². The third-order valence-corrected chi connectivity index (χ3v) is 5.86. The fourth-order valence-corrected chi connectivity index (χ4v) is 3.54. The van der Waals surface area contributed by atoms with E-state index in [4.69, 9.17) is 0 Å². The van der Waals surface area contributed by atoms with Gasteiger partial charge in [0.05, 0.1) is 12.0 Å². The first-order valence-electron chi connectivity index (χ1n) is 8.45. The molecule has 2 heteroatoms. The predicted octanol–water partition coefficient (Wildman–Crippen LogP) is 4.71. The Morgan fingerprint density at radius 3 is 2.45 bits per heavy atom. The lowest BCUT2D eigenvalue weighted by atomic mass is 9.66. The van der Waals surface area contributed by atoms with Gasteiger partial charge in [0.15, 0.2) is 0 Å². The van der Waals surface area contributed by atoms with Crippen LogP contribution in [-0.4, -0.2) is 24.5 Å². The van der Waals surface area contributed by atoms with Crippen molar-refractivity contribution in [2.24, 2.45) is 23.2 Å². The van der Waals surface area contributed by atoms with Gasteiger partial charge < -0.3 is 4.90 Å². The summed E-state index contributed by atoms with van der Waals surface area (Å²) in [5.74, 6) is 1.72. The zero-order chi connectivity index (χ0) is 15.3. The molecule has 1 saturated carbocycles. The Bertz CT molecular complexity index is 329. The van der Waals surface area contributed by atoms with E-state index in [-0.39, 0.29) is 5.92 Å². The second-order valence-electron chi connectivity index (χ2n) is 7.61. The van der Waals surface area contributed by atoms with E-state index in [1.165, 1.54) is 25.7 Å². The summed E-state index contributed by atoms with van der Waals surface area (Å²) in [5, 5.41) is 9.47. The van der Waals surface area contributed by atoms with Crippen LogP contribution in [-0.2, 0) is 0 Å². The molecule has 0 aromatic carbocycles. The van der Waals surface area contributed by atoms with Crippen molar-refractivity contribution in [2.75, 3.05) is 13.6 Å². The van der Waals surface area contributed by atoms with Gasteiger partial charge in [-0.3, -0.25) is 0 Å². The summed E-state index contributed by atoms with van der Waals surface area (Å²) in [5.41, 5.74) is 0.413. The van der Waals surface area contributed by atoms with Crippen molar-refractivity contribution in [1.29, 1.82) is 5.26 Å². The second kappa shape index (κ2) is 7.46. The first-order chi connectivity index (χ1) is 9.35. The molecular formula is C18H34N2. The molecule has 4 atom stereocenters. The van der Waals surface area contributed by atoms with Crippen LogP contribution in [0, 0.1) is 34.5 Å². The minimum atomic E-state index is 0.230. The fourth-order valence-electron chi connectivity index (χ4n) is 3.54. The van der Waals surface area contributed by atoms with Crippen LogP contribution in [0.2, 0.25) is 0 Å². The molecule has 20 heavy (non-hydrogen) atoms. The summed E-state index contributed by atoms with van der Waals surface area (Å²) in [6.45, 7) is 12.8. The fraction of sp³-hybridized carbons (Fsp3) is 0.944. The standard InChI is InChI=1S/C18H34N2/c1-7-14(3)13-20(6)17-11-16(18(4,5)8-2)10-9-15(17)12-19/h14-17H,7-11,13H2,1-6H3. The summed E-state index contributed by atoms with van der Waals surface area (Å²) < 4.78 is 0. The van der Waals surface area contributed by atoms with Crippen molar-refractivity contribution in [3.8, 4) is 6.07 Å². The third-order valence-electron chi connectivity index (χ3n) is 5.86. The molecule has 0 aromatic heterocycles. The Morgan fingerprint density at radius 2 is 1.95 bits per heavy atom. The van der Waals surface area contributed by atoms with Crippen LogP contribution in [0.4, 0.5) is 0 Å². The monoisotopic (exact) mass is 278 g/mol. The highest BCUT2D eigenvalue weighted by Gasteiger charge is 2.38. The highest BCUT2D eigenvalue weighted by atomic mass is 15.1. The van der Waals surface area contributed by atoms with Crippen molar-refractivity contribution in [3.05, 3.63) is 0 Å². The molecule has 0 aliphatic heterocycles. The molecule has 1 aliphatic rings. The van der Waals surface area contributed by atoms with E-state index in [2.05, 4.69) is 52.6 Å². The average molecular weight is 278 g/mol. The van der Waals surface area contributed by atoms with E-state index >= 15 is 0 Å². The summed E-state index contributed by atoms with van der Waals surface area (Å²) in [4.78, 5) is 2.47. The Labute approximate surface area is 126 Å². The normalized spacial score (nSPS) is 29.2. The average Bonchev–Trinajstić information content (AvgIpc) is 2.46. The molecule has 0 spiro atoms. The zero-order valence-electron chi connectivity index (χ0n) is 14.4. The van der Waals surface area contributed by atoms with E-state index in [0.717, 1.165) is 24.8 Å². The second-order valence-corrected chi connectivity index (χ2v) is 7.61. The molecule has 1 fully saturated rings. The highest BCUT2D eigenvalue weighted by molar-refractivity contribution is 4.99. The van der Waals surface area contributed by atoms with Crippen molar-refractivity contribution in [3.63, 3.8) is 0 Å². The molecule has 0 radical (unpaired) electrons. The van der Waals surface area contributed by atoms with Gasteiger partial charge in [-0.1, -0.05) is 47.5 Å². The van der Waals surface area contributed by atoms with Gasteiger partial charge in [-0.05, 0) is 43.6 Å². The largest absolute Gasteiger partial charge is 0.302 e. The molecular weight excluding hydrogens is 244 g/mol. The van der Waals surface area contributed by atoms with Crippen molar-refractivity contribution in [1.82, 2.24) is 4.90 Å². The van der Waals surface area contributed by atoms with Crippen molar-refractivity contribution >= 4 is 0 Å². The first-order valence-corrected chi connectivity index (χ1v) is 8.45. The van der Waals surface area contributed by atoms with Gasteiger partial charge in [0.25, 0.3) is 0 Å². The third kappa shape index (κ3) is 4.22. The SMILES string of the molecule is CCC(C)CN(C)C1CC(C(C)(C)CC)CCC1C#N. The molecule has 4 unspecified atom stereocenters. The molecule has 0 heterocycles. The van der Waals surface area contributed by atoms with Crippen LogP contribution in [0.1, 0.15) is 66.7 Å². The van der Waals surface area contributed by atoms with E-state index in [9.17, 15) is 5.26 Å². The van der Waals surface area contributed by atoms with Crippen LogP contribution >= 0.6 is 0 Å². The molecule has 0 saturated heterocycles. The van der Waals surface area contributed by atoms with E-state index < -0.39 is 0 Å². The number of hydrogen-bond donors (Lipinski definition) is 0. The van der Waals surface area contributed by atoms with Crippen LogP contribution in [0.3, 0.4) is 0 Å². The molecule has 0 bridgehead atoms. The number of hydrogen-bond acceptors (Lipinski definition) is 2. The molecule has 0 amide bonds. The van der Waals surface area contributed by atoms with Crippen LogP contribution in [0.25, 0.3) is 0 Å². The van der Waals surface area contributed by atoms with Crippen molar-refractivity contribution in [2.45, 2.75) is 72.8 Å². The Hall–Kier alpha value is -0.550. The van der Waals surface area contributed by atoms with Gasteiger partial charge >= 0.3 is 0 Å². The van der Waals surface area contributed by atoms with Gasteiger partial charge in [0, 0.05) is 12.6 Å². The maximum absolute atomic E-state index is 9.47. The van der Waals surface area contributed by atoms with Gasteiger partial charge in [-0.25, -0.2) is 0 Å². The number of nitriles is 1. The Kier molecular flexibility index (Phi) is 6.52. The molecule has 0 N–H and O–H groups in total. The summed E-state index contributed by atoms with van der Waals surface area (Å²) in [6, 6.07) is 3.03. The maximum atomic E-state index is 9.47. The summed E-state index contributed by atoms with van der Waals surface area (Å²) in [6.07, 6.45) is 5.97. The number of rotatable bonds is 6. The summed E-state index contributed by atoms with van der Waals surface area (Å²) >= 11 is 0. The van der Waals surface area contributed by atoms with Gasteiger partial charge in [0.2, 0.25) is 0 Å². The molecule has 2 nitrogen and oxygen atoms in total. The minimum Gasteiger partial charge on any atom is -0.302 e.